The summed E-state index contributed by atoms with van der Waals surface area (Å²) in [5.74, 6) is -0.0730. The van der Waals surface area contributed by atoms with Gasteiger partial charge in [0.25, 0.3) is 0 Å². The van der Waals surface area contributed by atoms with Crippen LogP contribution in [0.1, 0.15) is 21.5 Å². The third-order valence-corrected chi connectivity index (χ3v) is 4.52. The van der Waals surface area contributed by atoms with Gasteiger partial charge in [-0.3, -0.25) is 9.00 Å². The van der Waals surface area contributed by atoms with Crippen LogP contribution in [0.15, 0.2) is 47.4 Å². The first-order valence-electron chi connectivity index (χ1n) is 6.10. The third-order valence-electron chi connectivity index (χ3n) is 2.98. The number of nitrogen functional groups attached to an aromatic ring is 1. The Hall–Kier alpha value is -2.14. The summed E-state index contributed by atoms with van der Waals surface area (Å²) >= 11 is 0. The van der Waals surface area contributed by atoms with Crippen LogP contribution in [0.25, 0.3) is 0 Å². The van der Waals surface area contributed by atoms with E-state index in [1.54, 1.807) is 36.4 Å². The molecule has 4 N–H and O–H groups in total. The molecule has 0 spiro atoms. The molecule has 2 aromatic rings. The van der Waals surface area contributed by atoms with Crippen LogP contribution in [0.4, 0.5) is 5.69 Å². The van der Waals surface area contributed by atoms with Crippen LogP contribution < -0.4 is 11.5 Å². The molecule has 0 saturated heterocycles. The Labute approximate surface area is 120 Å². The maximum atomic E-state index is 12.3. The molecule has 0 heterocycles. The highest BCUT2D eigenvalue weighted by Gasteiger charge is 2.09. The van der Waals surface area contributed by atoms with Gasteiger partial charge in [-0.1, -0.05) is 12.1 Å². The minimum atomic E-state index is -1.14. The normalized spacial score (nSPS) is 12.1. The van der Waals surface area contributed by atoms with Crippen molar-refractivity contribution in [2.24, 2.45) is 5.73 Å². The smallest absolute Gasteiger partial charge is 0.248 e. The zero-order valence-electron chi connectivity index (χ0n) is 11.1. The molecule has 2 rings (SSSR count). The van der Waals surface area contributed by atoms with Crippen LogP contribution in [-0.4, -0.2) is 10.1 Å². The van der Waals surface area contributed by atoms with Gasteiger partial charge in [0.2, 0.25) is 5.91 Å². The first-order valence-corrected chi connectivity index (χ1v) is 7.42. The quantitative estimate of drug-likeness (QED) is 0.843. The number of primary amides is 1. The van der Waals surface area contributed by atoms with Gasteiger partial charge in [0.15, 0.2) is 0 Å². The molecule has 1 unspecified atom stereocenters. The molecule has 0 aliphatic carbocycles. The van der Waals surface area contributed by atoms with E-state index < -0.39 is 16.7 Å². The van der Waals surface area contributed by atoms with Crippen molar-refractivity contribution in [3.05, 3.63) is 59.2 Å². The number of rotatable bonds is 4. The lowest BCUT2D eigenvalue weighted by molar-refractivity contribution is 0.100. The van der Waals surface area contributed by atoms with Crippen molar-refractivity contribution in [2.45, 2.75) is 17.6 Å². The molecule has 1 amide bonds. The van der Waals surface area contributed by atoms with Crippen LogP contribution in [0.2, 0.25) is 0 Å². The van der Waals surface area contributed by atoms with Gasteiger partial charge < -0.3 is 11.5 Å². The van der Waals surface area contributed by atoms with E-state index in [4.69, 9.17) is 11.5 Å². The van der Waals surface area contributed by atoms with E-state index in [0.717, 1.165) is 16.0 Å². The predicted octanol–water partition coefficient (Wildman–Crippen LogP) is 1.98. The Balaban J connectivity index is 2.17. The molecular weight excluding hydrogens is 272 g/mol. The lowest BCUT2D eigenvalue weighted by Gasteiger charge is -2.07. The van der Waals surface area contributed by atoms with Gasteiger partial charge in [0, 0.05) is 16.1 Å². The number of amides is 1. The summed E-state index contributed by atoms with van der Waals surface area (Å²) in [7, 11) is -1.14. The van der Waals surface area contributed by atoms with Gasteiger partial charge >= 0.3 is 0 Å². The first kappa shape index (κ1) is 14.3. The highest BCUT2D eigenvalue weighted by atomic mass is 32.2. The molecule has 104 valence electrons. The zero-order chi connectivity index (χ0) is 14.7. The molecule has 0 fully saturated rings. The van der Waals surface area contributed by atoms with Crippen molar-refractivity contribution >= 4 is 22.4 Å². The summed E-state index contributed by atoms with van der Waals surface area (Å²) < 4.78 is 12.3. The molecule has 0 aromatic heterocycles. The Kier molecular flexibility index (Phi) is 4.20. The van der Waals surface area contributed by atoms with Crippen molar-refractivity contribution < 1.29 is 9.00 Å². The van der Waals surface area contributed by atoms with Crippen LogP contribution in [-0.2, 0) is 16.6 Å². The number of carbonyl (C=O) groups is 1. The standard InChI is InChI=1S/C15H16N2O2S/c1-10-8-13(16)6-7-14(10)20(19)9-11-2-4-12(5-3-11)15(17)18/h2-8H,9,16H2,1H3,(H2,17,18). The van der Waals surface area contributed by atoms with Crippen molar-refractivity contribution in [3.8, 4) is 0 Å². The van der Waals surface area contributed by atoms with Gasteiger partial charge in [-0.2, -0.15) is 0 Å². The summed E-state index contributed by atoms with van der Waals surface area (Å²) in [6.07, 6.45) is 0. The maximum Gasteiger partial charge on any atom is 0.248 e. The molecule has 1 atom stereocenters. The van der Waals surface area contributed by atoms with Crippen molar-refractivity contribution in [3.63, 3.8) is 0 Å². The lowest BCUT2D eigenvalue weighted by atomic mass is 10.1. The average molecular weight is 288 g/mol. The molecule has 0 aliphatic rings. The number of benzene rings is 2. The van der Waals surface area contributed by atoms with E-state index >= 15 is 0 Å². The Bertz CT molecular complexity index is 666. The second kappa shape index (κ2) is 5.88. The summed E-state index contributed by atoms with van der Waals surface area (Å²) in [5, 5.41) is 0. The Morgan fingerprint density at radius 1 is 1.15 bits per heavy atom. The van der Waals surface area contributed by atoms with E-state index in [2.05, 4.69) is 0 Å². The molecule has 4 nitrogen and oxygen atoms in total. The summed E-state index contributed by atoms with van der Waals surface area (Å²) in [6, 6.07) is 12.2. The number of carbonyl (C=O) groups excluding carboxylic acids is 1. The van der Waals surface area contributed by atoms with Gasteiger partial charge in [-0.05, 0) is 48.4 Å². The largest absolute Gasteiger partial charge is 0.399 e. The van der Waals surface area contributed by atoms with E-state index in [1.807, 2.05) is 13.0 Å². The van der Waals surface area contributed by atoms with Crippen molar-refractivity contribution in [1.82, 2.24) is 0 Å². The number of aryl methyl sites for hydroxylation is 1. The molecule has 5 heteroatoms. The molecule has 0 bridgehead atoms. The SMILES string of the molecule is Cc1cc(N)ccc1S(=O)Cc1ccc(C(N)=O)cc1. The highest BCUT2D eigenvalue weighted by molar-refractivity contribution is 7.84. The van der Waals surface area contributed by atoms with Gasteiger partial charge in [0.1, 0.15) is 0 Å². The highest BCUT2D eigenvalue weighted by Crippen LogP contribution is 2.19. The average Bonchev–Trinajstić information content (AvgIpc) is 2.39. The van der Waals surface area contributed by atoms with E-state index in [-0.39, 0.29) is 0 Å². The number of anilines is 1. The lowest BCUT2D eigenvalue weighted by Crippen LogP contribution is -2.10. The van der Waals surface area contributed by atoms with E-state index in [9.17, 15) is 9.00 Å². The zero-order valence-corrected chi connectivity index (χ0v) is 11.9. The second-order valence-corrected chi connectivity index (χ2v) is 6.00. The summed E-state index contributed by atoms with van der Waals surface area (Å²) in [5.41, 5.74) is 13.8. The van der Waals surface area contributed by atoms with Crippen LogP contribution in [0.5, 0.6) is 0 Å². The molecule has 0 saturated carbocycles. The molecule has 0 aliphatic heterocycles. The number of nitrogens with two attached hydrogens (primary N) is 2. The monoisotopic (exact) mass is 288 g/mol. The number of hydrogen-bond donors (Lipinski definition) is 2. The fraction of sp³-hybridized carbons (Fsp3) is 0.133. The summed E-state index contributed by atoms with van der Waals surface area (Å²) in [4.78, 5) is 11.8. The second-order valence-electron chi connectivity index (χ2n) is 4.58. The molecular formula is C15H16N2O2S. The van der Waals surface area contributed by atoms with Crippen molar-refractivity contribution in [2.75, 3.05) is 5.73 Å². The fourth-order valence-electron chi connectivity index (χ4n) is 1.92. The van der Waals surface area contributed by atoms with E-state index in [0.29, 0.717) is 17.0 Å². The van der Waals surface area contributed by atoms with E-state index in [1.165, 1.54) is 0 Å². The minimum absolute atomic E-state index is 0.393. The summed E-state index contributed by atoms with van der Waals surface area (Å²) in [6.45, 7) is 1.89. The Morgan fingerprint density at radius 2 is 1.80 bits per heavy atom. The van der Waals surface area contributed by atoms with Gasteiger partial charge in [-0.15, -0.1) is 0 Å². The number of hydrogen-bond acceptors (Lipinski definition) is 3. The fourth-order valence-corrected chi connectivity index (χ4v) is 3.21. The van der Waals surface area contributed by atoms with Crippen molar-refractivity contribution in [1.29, 1.82) is 0 Å². The molecule has 0 radical (unpaired) electrons. The van der Waals surface area contributed by atoms with Gasteiger partial charge in [-0.25, -0.2) is 0 Å². The van der Waals surface area contributed by atoms with Crippen LogP contribution in [0, 0.1) is 6.92 Å². The topological polar surface area (TPSA) is 86.2 Å². The maximum absolute atomic E-state index is 12.3. The molecule has 2 aromatic carbocycles. The first-order chi connectivity index (χ1) is 9.47. The van der Waals surface area contributed by atoms with Crippen LogP contribution in [0.3, 0.4) is 0 Å². The third kappa shape index (κ3) is 3.24. The predicted molar refractivity (Wildman–Crippen MR) is 80.7 cm³/mol. The van der Waals surface area contributed by atoms with Gasteiger partial charge in [0.05, 0.1) is 16.6 Å². The Morgan fingerprint density at radius 3 is 2.35 bits per heavy atom. The van der Waals surface area contributed by atoms with Crippen LogP contribution >= 0.6 is 0 Å². The minimum Gasteiger partial charge on any atom is -0.399 e. The molecule has 20 heavy (non-hydrogen) atoms.